The summed E-state index contributed by atoms with van der Waals surface area (Å²) >= 11 is 12.0. The van der Waals surface area contributed by atoms with Gasteiger partial charge in [0.05, 0.1) is 6.04 Å². The van der Waals surface area contributed by atoms with Gasteiger partial charge in [-0.05, 0) is 60.6 Å². The molecule has 0 fully saturated rings. The summed E-state index contributed by atoms with van der Waals surface area (Å²) in [5.74, 6) is 0. The van der Waals surface area contributed by atoms with E-state index in [1.54, 1.807) is 6.20 Å². The zero-order chi connectivity index (χ0) is 18.1. The highest BCUT2D eigenvalue weighted by molar-refractivity contribution is 7.80. The van der Waals surface area contributed by atoms with Crippen molar-refractivity contribution in [2.45, 2.75) is 19.5 Å². The maximum Gasteiger partial charge on any atom is 0.174 e. The average Bonchev–Trinajstić information content (AvgIpc) is 3.14. The van der Waals surface area contributed by atoms with Gasteiger partial charge in [-0.1, -0.05) is 23.7 Å². The van der Waals surface area contributed by atoms with Gasteiger partial charge in [0.25, 0.3) is 0 Å². The van der Waals surface area contributed by atoms with Crippen molar-refractivity contribution in [3.8, 4) is 0 Å². The van der Waals surface area contributed by atoms with Crippen molar-refractivity contribution in [2.24, 2.45) is 0 Å². The Kier molecular flexibility index (Phi) is 4.66. The number of rotatable bonds is 2. The fourth-order valence-electron chi connectivity index (χ4n) is 3.42. The fourth-order valence-corrected chi connectivity index (χ4v) is 3.90. The van der Waals surface area contributed by atoms with Crippen molar-refractivity contribution in [1.29, 1.82) is 0 Å². The first-order valence-electron chi connectivity index (χ1n) is 8.53. The number of halogens is 1. The van der Waals surface area contributed by atoms with Crippen LogP contribution in [0.2, 0.25) is 5.02 Å². The van der Waals surface area contributed by atoms with Crippen LogP contribution in [0.3, 0.4) is 0 Å². The minimum atomic E-state index is 0.0342. The number of pyridine rings is 1. The van der Waals surface area contributed by atoms with E-state index < -0.39 is 0 Å². The van der Waals surface area contributed by atoms with Crippen LogP contribution in [0.5, 0.6) is 0 Å². The van der Waals surface area contributed by atoms with E-state index in [9.17, 15) is 0 Å². The summed E-state index contributed by atoms with van der Waals surface area (Å²) in [5, 5.41) is 4.81. The minimum absolute atomic E-state index is 0.0342. The smallest absolute Gasteiger partial charge is 0.174 e. The van der Waals surface area contributed by atoms with Crippen LogP contribution in [-0.4, -0.2) is 26.1 Å². The van der Waals surface area contributed by atoms with Crippen molar-refractivity contribution in [1.82, 2.24) is 14.5 Å². The normalized spacial score (nSPS) is 16.2. The number of nitrogens with zero attached hydrogens (tertiary/aromatic N) is 3. The number of anilines is 1. The number of aromatic nitrogens is 2. The van der Waals surface area contributed by atoms with Crippen LogP contribution in [-0.2, 0) is 6.54 Å². The first-order valence-corrected chi connectivity index (χ1v) is 9.31. The lowest BCUT2D eigenvalue weighted by molar-refractivity contribution is 0.293. The van der Waals surface area contributed by atoms with Crippen LogP contribution >= 0.6 is 23.8 Å². The van der Waals surface area contributed by atoms with Gasteiger partial charge in [-0.15, -0.1) is 0 Å². The highest BCUT2D eigenvalue weighted by Crippen LogP contribution is 2.33. The van der Waals surface area contributed by atoms with Crippen LogP contribution in [0.25, 0.3) is 0 Å². The molecular formula is C20H19ClN4S. The lowest BCUT2D eigenvalue weighted by atomic mass is 10.0. The third-order valence-corrected chi connectivity index (χ3v) is 5.55. The highest BCUT2D eigenvalue weighted by Gasteiger charge is 2.30. The third-order valence-electron chi connectivity index (χ3n) is 4.81. The molecule has 0 aliphatic carbocycles. The molecule has 3 heterocycles. The maximum atomic E-state index is 6.25. The molecule has 1 aromatic carbocycles. The molecule has 132 valence electrons. The Hall–Kier alpha value is -2.37. The molecule has 1 unspecified atom stereocenters. The van der Waals surface area contributed by atoms with Gasteiger partial charge < -0.3 is 14.8 Å². The largest absolute Gasteiger partial charge is 0.348 e. The molecule has 4 nitrogen and oxygen atoms in total. The van der Waals surface area contributed by atoms with Gasteiger partial charge in [0.2, 0.25) is 0 Å². The van der Waals surface area contributed by atoms with Crippen LogP contribution in [0, 0.1) is 6.92 Å². The van der Waals surface area contributed by atoms with Gasteiger partial charge in [-0.2, -0.15) is 0 Å². The quantitative estimate of drug-likeness (QED) is 0.654. The van der Waals surface area contributed by atoms with Crippen molar-refractivity contribution in [3.05, 3.63) is 82.9 Å². The molecule has 6 heteroatoms. The van der Waals surface area contributed by atoms with Crippen molar-refractivity contribution in [2.75, 3.05) is 11.9 Å². The van der Waals surface area contributed by atoms with E-state index in [4.69, 9.17) is 23.8 Å². The van der Waals surface area contributed by atoms with Gasteiger partial charge in [-0.25, -0.2) is 0 Å². The summed E-state index contributed by atoms with van der Waals surface area (Å²) in [5.41, 5.74) is 4.28. The van der Waals surface area contributed by atoms with Gasteiger partial charge in [0.1, 0.15) is 0 Å². The number of fused-ring (bicyclic) bond motifs is 1. The Morgan fingerprint density at radius 3 is 2.88 bits per heavy atom. The molecule has 0 bridgehead atoms. The van der Waals surface area contributed by atoms with Crippen LogP contribution in [0.1, 0.15) is 22.9 Å². The summed E-state index contributed by atoms with van der Waals surface area (Å²) in [6.07, 6.45) is 5.82. The van der Waals surface area contributed by atoms with Gasteiger partial charge in [0, 0.05) is 48.1 Å². The summed E-state index contributed by atoms with van der Waals surface area (Å²) in [4.78, 5) is 6.53. The predicted molar refractivity (Wildman–Crippen MR) is 110 cm³/mol. The zero-order valence-corrected chi connectivity index (χ0v) is 16.0. The molecule has 4 rings (SSSR count). The molecule has 2 aromatic heterocycles. The molecule has 0 saturated carbocycles. The molecule has 1 aliphatic rings. The van der Waals surface area contributed by atoms with Crippen LogP contribution < -0.4 is 5.32 Å². The second kappa shape index (κ2) is 7.09. The molecule has 0 amide bonds. The van der Waals surface area contributed by atoms with Gasteiger partial charge in [-0.3, -0.25) is 4.98 Å². The molecule has 26 heavy (non-hydrogen) atoms. The zero-order valence-electron chi connectivity index (χ0n) is 14.4. The second-order valence-electron chi connectivity index (χ2n) is 6.35. The van der Waals surface area contributed by atoms with Crippen LogP contribution in [0.4, 0.5) is 5.69 Å². The summed E-state index contributed by atoms with van der Waals surface area (Å²) in [6.45, 7) is 3.72. The number of thiocarbonyl (C=S) groups is 1. The molecule has 1 aliphatic heterocycles. The molecule has 0 saturated heterocycles. The Bertz CT molecular complexity index is 938. The monoisotopic (exact) mass is 382 g/mol. The lowest BCUT2D eigenvalue weighted by Crippen LogP contribution is -2.44. The van der Waals surface area contributed by atoms with Gasteiger partial charge >= 0.3 is 0 Å². The number of benzene rings is 1. The molecule has 1 atom stereocenters. The van der Waals surface area contributed by atoms with E-state index in [0.29, 0.717) is 5.11 Å². The van der Waals surface area contributed by atoms with E-state index in [1.165, 1.54) is 5.69 Å². The minimum Gasteiger partial charge on any atom is -0.348 e. The van der Waals surface area contributed by atoms with E-state index in [0.717, 1.165) is 34.9 Å². The maximum absolute atomic E-state index is 6.25. The van der Waals surface area contributed by atoms with E-state index in [2.05, 4.69) is 44.2 Å². The van der Waals surface area contributed by atoms with Crippen molar-refractivity contribution >= 4 is 34.6 Å². The van der Waals surface area contributed by atoms with Crippen molar-refractivity contribution in [3.63, 3.8) is 0 Å². The summed E-state index contributed by atoms with van der Waals surface area (Å²) < 4.78 is 2.28. The number of hydrogen-bond donors (Lipinski definition) is 1. The fraction of sp³-hybridized carbons (Fsp3) is 0.200. The van der Waals surface area contributed by atoms with E-state index in [-0.39, 0.29) is 6.04 Å². The first kappa shape index (κ1) is 17.1. The SMILES string of the molecule is Cc1c(Cl)cccc1NC(=S)N1CCn2cccc2C1c1cccnc1. The number of hydrogen-bond acceptors (Lipinski definition) is 2. The van der Waals surface area contributed by atoms with Crippen LogP contribution in [0.15, 0.2) is 61.1 Å². The Morgan fingerprint density at radius 1 is 1.19 bits per heavy atom. The van der Waals surface area contributed by atoms with Crippen molar-refractivity contribution < 1.29 is 0 Å². The Balaban J connectivity index is 1.68. The van der Waals surface area contributed by atoms with E-state index >= 15 is 0 Å². The Morgan fingerprint density at radius 2 is 2.08 bits per heavy atom. The molecule has 1 N–H and O–H groups in total. The van der Waals surface area contributed by atoms with E-state index in [1.807, 2.05) is 37.4 Å². The second-order valence-corrected chi connectivity index (χ2v) is 7.15. The predicted octanol–water partition coefficient (Wildman–Crippen LogP) is 4.65. The summed E-state index contributed by atoms with van der Waals surface area (Å²) in [7, 11) is 0. The molecule has 0 radical (unpaired) electrons. The summed E-state index contributed by atoms with van der Waals surface area (Å²) in [6, 6.07) is 14.1. The first-order chi connectivity index (χ1) is 12.6. The highest BCUT2D eigenvalue weighted by atomic mass is 35.5. The molecule has 3 aromatic rings. The Labute approximate surface area is 163 Å². The lowest BCUT2D eigenvalue weighted by Gasteiger charge is -2.39. The number of nitrogens with one attached hydrogen (secondary N) is 1. The molecule has 0 spiro atoms. The van der Waals surface area contributed by atoms with Gasteiger partial charge in [0.15, 0.2) is 5.11 Å². The average molecular weight is 383 g/mol. The third kappa shape index (κ3) is 3.08. The topological polar surface area (TPSA) is 33.1 Å². The molecular weight excluding hydrogens is 364 g/mol. The standard InChI is InChI=1S/C20H19ClN4S/c1-14-16(21)6-2-7-17(14)23-20(26)25-12-11-24-10-4-8-18(24)19(25)15-5-3-9-22-13-15/h2-10,13,19H,11-12H2,1H3,(H,23,26).